The molecule has 0 aliphatic rings. The molecule has 0 aliphatic carbocycles. The first kappa shape index (κ1) is 28.8. The van der Waals surface area contributed by atoms with E-state index in [9.17, 15) is 5.26 Å². The molecule has 4 aromatic carbocycles. The Morgan fingerprint density at radius 2 is 1.29 bits per heavy atom. The number of nitriles is 1. The van der Waals surface area contributed by atoms with Gasteiger partial charge in [-0.1, -0.05) is 97.1 Å². The molecule has 1 unspecified atom stereocenters. The summed E-state index contributed by atoms with van der Waals surface area (Å²) in [6, 6.07) is 39.7. The second-order valence-electron chi connectivity index (χ2n) is 9.25. The number of nitrogens with zero attached hydrogens (tertiary/aromatic N) is 2. The van der Waals surface area contributed by atoms with Gasteiger partial charge in [-0.15, -0.1) is 12.4 Å². The summed E-state index contributed by atoms with van der Waals surface area (Å²) in [6.45, 7) is 3.70. The van der Waals surface area contributed by atoms with Crippen molar-refractivity contribution < 1.29 is 9.47 Å². The maximum Gasteiger partial charge on any atom is 0.161 e. The number of halogens is 1. The molecule has 0 spiro atoms. The third-order valence-corrected chi connectivity index (χ3v) is 7.16. The quantitative estimate of drug-likeness (QED) is 0.202. The van der Waals surface area contributed by atoms with Crippen molar-refractivity contribution in [1.29, 1.82) is 5.26 Å². The first-order valence-electron chi connectivity index (χ1n) is 12.6. The molecule has 38 heavy (non-hydrogen) atoms. The minimum Gasteiger partial charge on any atom is -0.493 e. The smallest absolute Gasteiger partial charge is 0.161 e. The van der Waals surface area contributed by atoms with Gasteiger partial charge in [-0.25, -0.2) is 0 Å². The number of benzene rings is 4. The van der Waals surface area contributed by atoms with E-state index >= 15 is 0 Å². The van der Waals surface area contributed by atoms with E-state index in [1.807, 2.05) is 54.6 Å². The van der Waals surface area contributed by atoms with Crippen LogP contribution < -0.4 is 9.47 Å². The molecule has 0 bridgehead atoms. The topological polar surface area (TPSA) is 45.5 Å². The van der Waals surface area contributed by atoms with Gasteiger partial charge in [0.15, 0.2) is 11.5 Å². The lowest BCUT2D eigenvalue weighted by atomic mass is 9.73. The van der Waals surface area contributed by atoms with Crippen molar-refractivity contribution >= 4 is 12.4 Å². The minimum absolute atomic E-state index is 0. The molecule has 0 fully saturated rings. The van der Waals surface area contributed by atoms with Crippen LogP contribution in [0.25, 0.3) is 0 Å². The third kappa shape index (κ3) is 6.37. The fourth-order valence-electron chi connectivity index (χ4n) is 4.95. The Balaban J connectivity index is 0.00000400. The third-order valence-electron chi connectivity index (χ3n) is 7.16. The van der Waals surface area contributed by atoms with Gasteiger partial charge in [-0.05, 0) is 47.7 Å². The molecule has 4 nitrogen and oxygen atoms in total. The van der Waals surface area contributed by atoms with E-state index in [2.05, 4.69) is 72.5 Å². The molecule has 0 aliphatic heterocycles. The zero-order valence-corrected chi connectivity index (χ0v) is 23.0. The lowest BCUT2D eigenvalue weighted by Crippen LogP contribution is -2.35. The zero-order valence-electron chi connectivity index (χ0n) is 22.2. The van der Waals surface area contributed by atoms with Gasteiger partial charge in [-0.2, -0.15) is 5.26 Å². The monoisotopic (exact) mass is 526 g/mol. The first-order valence-corrected chi connectivity index (χ1v) is 12.6. The predicted molar refractivity (Wildman–Crippen MR) is 156 cm³/mol. The maximum atomic E-state index is 10.7. The van der Waals surface area contributed by atoms with E-state index in [-0.39, 0.29) is 18.4 Å². The van der Waals surface area contributed by atoms with Gasteiger partial charge in [0.05, 0.1) is 20.3 Å². The molecule has 4 aromatic rings. The van der Waals surface area contributed by atoms with Gasteiger partial charge in [0.2, 0.25) is 0 Å². The van der Waals surface area contributed by atoms with Crippen molar-refractivity contribution in [2.75, 3.05) is 20.8 Å². The van der Waals surface area contributed by atoms with Crippen molar-refractivity contribution in [1.82, 2.24) is 4.90 Å². The minimum atomic E-state index is -0.755. The summed E-state index contributed by atoms with van der Waals surface area (Å²) < 4.78 is 11.0. The highest BCUT2D eigenvalue weighted by Gasteiger charge is 2.35. The van der Waals surface area contributed by atoms with E-state index in [1.165, 1.54) is 5.56 Å². The Kier molecular flexibility index (Phi) is 10.4. The average molecular weight is 527 g/mol. The number of ether oxygens (including phenoxy) is 2. The first-order chi connectivity index (χ1) is 18.1. The molecule has 5 heteroatoms. The van der Waals surface area contributed by atoms with Crippen molar-refractivity contribution in [3.8, 4) is 17.6 Å². The summed E-state index contributed by atoms with van der Waals surface area (Å²) in [6.07, 6.45) is 0.655. The lowest BCUT2D eigenvalue weighted by molar-refractivity contribution is 0.190. The highest BCUT2D eigenvalue weighted by atomic mass is 35.5. The predicted octanol–water partition coefficient (Wildman–Crippen LogP) is 7.59. The van der Waals surface area contributed by atoms with Crippen molar-refractivity contribution in [2.24, 2.45) is 0 Å². The Labute approximate surface area is 232 Å². The molecular weight excluding hydrogens is 492 g/mol. The van der Waals surface area contributed by atoms with Gasteiger partial charge in [0, 0.05) is 19.1 Å². The molecule has 0 radical (unpaired) electrons. The average Bonchev–Trinajstić information content (AvgIpc) is 2.98. The van der Waals surface area contributed by atoms with Crippen LogP contribution in [0.4, 0.5) is 0 Å². The van der Waals surface area contributed by atoms with Crippen LogP contribution >= 0.6 is 12.4 Å². The van der Waals surface area contributed by atoms with E-state index in [0.717, 1.165) is 29.8 Å². The number of hydrogen-bond acceptors (Lipinski definition) is 4. The molecule has 0 heterocycles. The van der Waals surface area contributed by atoms with Gasteiger partial charge in [-0.3, -0.25) is 4.90 Å². The lowest BCUT2D eigenvalue weighted by Gasteiger charge is -2.34. The Morgan fingerprint density at radius 3 is 1.79 bits per heavy atom. The summed E-state index contributed by atoms with van der Waals surface area (Å²) in [7, 11) is 3.31. The summed E-state index contributed by atoms with van der Waals surface area (Å²) in [5.41, 5.74) is 3.64. The van der Waals surface area contributed by atoms with Crippen LogP contribution in [0, 0.1) is 11.3 Å². The van der Waals surface area contributed by atoms with E-state index in [0.29, 0.717) is 17.9 Å². The van der Waals surface area contributed by atoms with E-state index in [4.69, 9.17) is 9.47 Å². The van der Waals surface area contributed by atoms with Crippen LogP contribution in [0.15, 0.2) is 109 Å². The van der Waals surface area contributed by atoms with Gasteiger partial charge in [0.25, 0.3) is 0 Å². The van der Waals surface area contributed by atoms with Crippen LogP contribution in [-0.4, -0.2) is 25.7 Å². The highest BCUT2D eigenvalue weighted by molar-refractivity contribution is 5.85. The van der Waals surface area contributed by atoms with Crippen LogP contribution in [0.2, 0.25) is 0 Å². The molecular formula is C33H35ClN2O2. The van der Waals surface area contributed by atoms with E-state index in [1.54, 1.807) is 14.2 Å². The van der Waals surface area contributed by atoms with Gasteiger partial charge >= 0.3 is 0 Å². The molecule has 0 saturated heterocycles. The Hall–Kier alpha value is -3.78. The SMILES string of the molecule is COc1ccc(C(C)N(CCC(C#N)(c2ccccc2)c2ccccc2)Cc2ccccc2)cc1OC.Cl. The standard InChI is InChI=1S/C33H34N2O2.ClH/c1-26(28-19-20-31(36-2)32(23-28)37-3)35(24-27-13-7-4-8-14-27)22-21-33(25-34,29-15-9-5-10-16-29)30-17-11-6-12-18-30;/h4-20,23,26H,21-22,24H2,1-3H3;1H. The normalized spacial score (nSPS) is 11.8. The number of methoxy groups -OCH3 is 2. The van der Waals surface area contributed by atoms with Gasteiger partial charge in [0.1, 0.15) is 5.41 Å². The second-order valence-corrected chi connectivity index (χ2v) is 9.25. The largest absolute Gasteiger partial charge is 0.493 e. The molecule has 1 atom stereocenters. The Morgan fingerprint density at radius 1 is 0.763 bits per heavy atom. The molecule has 196 valence electrons. The Bertz CT molecular complexity index is 1270. The van der Waals surface area contributed by atoms with Crippen LogP contribution in [0.3, 0.4) is 0 Å². The van der Waals surface area contributed by atoms with Crippen molar-refractivity contribution in [3.63, 3.8) is 0 Å². The number of hydrogen-bond donors (Lipinski definition) is 0. The molecule has 0 aromatic heterocycles. The second kappa shape index (κ2) is 13.7. The van der Waals surface area contributed by atoms with Crippen LogP contribution in [0.1, 0.15) is 41.6 Å². The molecule has 0 amide bonds. The maximum absolute atomic E-state index is 10.7. The number of rotatable bonds is 11. The zero-order chi connectivity index (χ0) is 26.1. The van der Waals surface area contributed by atoms with E-state index < -0.39 is 5.41 Å². The summed E-state index contributed by atoms with van der Waals surface area (Å²) in [4.78, 5) is 2.44. The fourth-order valence-corrected chi connectivity index (χ4v) is 4.95. The molecule has 4 rings (SSSR count). The van der Waals surface area contributed by atoms with Crippen molar-refractivity contribution in [2.45, 2.75) is 31.3 Å². The summed E-state index contributed by atoms with van der Waals surface area (Å²) >= 11 is 0. The highest BCUT2D eigenvalue weighted by Crippen LogP contribution is 2.37. The summed E-state index contributed by atoms with van der Waals surface area (Å²) in [5.74, 6) is 1.43. The van der Waals surface area contributed by atoms with Gasteiger partial charge < -0.3 is 9.47 Å². The van der Waals surface area contributed by atoms with Crippen LogP contribution in [0.5, 0.6) is 11.5 Å². The molecule has 0 N–H and O–H groups in total. The van der Waals surface area contributed by atoms with Crippen LogP contribution in [-0.2, 0) is 12.0 Å². The van der Waals surface area contributed by atoms with Crippen molar-refractivity contribution in [3.05, 3.63) is 131 Å². The fraction of sp³-hybridized carbons (Fsp3) is 0.242. The summed E-state index contributed by atoms with van der Waals surface area (Å²) in [5, 5.41) is 10.7. The molecule has 0 saturated carbocycles.